The topological polar surface area (TPSA) is 81.5 Å². The van der Waals surface area contributed by atoms with Gasteiger partial charge in [-0.05, 0) is 24.8 Å². The molecular formula is C12H17FN2O2. The lowest BCUT2D eigenvalue weighted by Gasteiger charge is -2.28. The predicted molar refractivity (Wildman–Crippen MR) is 62.9 cm³/mol. The highest BCUT2D eigenvalue weighted by atomic mass is 19.1. The van der Waals surface area contributed by atoms with Crippen LogP contribution in [-0.4, -0.2) is 18.3 Å². The van der Waals surface area contributed by atoms with Gasteiger partial charge in [0.1, 0.15) is 11.6 Å². The van der Waals surface area contributed by atoms with Gasteiger partial charge in [-0.15, -0.1) is 0 Å². The SMILES string of the molecule is Nc1cc(F)cc([C@H](N)C2CCOCC2)c1O. The number of phenols is 1. The van der Waals surface area contributed by atoms with E-state index in [2.05, 4.69) is 0 Å². The Hall–Kier alpha value is -1.33. The highest BCUT2D eigenvalue weighted by Crippen LogP contribution is 2.36. The molecule has 94 valence electrons. The zero-order valence-electron chi connectivity index (χ0n) is 9.53. The standard InChI is InChI=1S/C12H17FN2O2/c13-8-5-9(12(16)10(14)6-8)11(15)7-1-3-17-4-2-7/h5-7,11,16H,1-4,14-15H2/t11-/m1/s1. The Kier molecular flexibility index (Phi) is 3.49. The van der Waals surface area contributed by atoms with E-state index in [0.717, 1.165) is 18.9 Å². The van der Waals surface area contributed by atoms with Gasteiger partial charge in [0.25, 0.3) is 0 Å². The van der Waals surface area contributed by atoms with Gasteiger partial charge in [-0.1, -0.05) is 0 Å². The lowest BCUT2D eigenvalue weighted by molar-refractivity contribution is 0.0581. The molecule has 2 rings (SSSR count). The number of benzene rings is 1. The van der Waals surface area contributed by atoms with E-state index in [1.165, 1.54) is 6.07 Å². The predicted octanol–water partition coefficient (Wildman–Crippen LogP) is 1.54. The summed E-state index contributed by atoms with van der Waals surface area (Å²) in [5.74, 6) is -0.390. The van der Waals surface area contributed by atoms with Crippen molar-refractivity contribution in [2.24, 2.45) is 11.7 Å². The zero-order valence-corrected chi connectivity index (χ0v) is 9.53. The van der Waals surface area contributed by atoms with E-state index in [1.54, 1.807) is 0 Å². The molecule has 0 amide bonds. The molecule has 5 N–H and O–H groups in total. The molecule has 4 nitrogen and oxygen atoms in total. The minimum Gasteiger partial charge on any atom is -0.505 e. The Morgan fingerprint density at radius 3 is 2.65 bits per heavy atom. The van der Waals surface area contributed by atoms with E-state index in [4.69, 9.17) is 16.2 Å². The second kappa shape index (κ2) is 4.89. The molecule has 1 saturated heterocycles. The van der Waals surface area contributed by atoms with Crippen LogP contribution >= 0.6 is 0 Å². The molecule has 1 aromatic rings. The van der Waals surface area contributed by atoms with Gasteiger partial charge in [-0.25, -0.2) is 4.39 Å². The van der Waals surface area contributed by atoms with Crippen molar-refractivity contribution in [2.75, 3.05) is 18.9 Å². The summed E-state index contributed by atoms with van der Waals surface area (Å²) in [5, 5.41) is 9.82. The molecule has 0 radical (unpaired) electrons. The Morgan fingerprint density at radius 2 is 2.00 bits per heavy atom. The minimum atomic E-state index is -0.474. The fraction of sp³-hybridized carbons (Fsp3) is 0.500. The summed E-state index contributed by atoms with van der Waals surface area (Å²) in [7, 11) is 0. The number of hydrogen-bond donors (Lipinski definition) is 3. The highest BCUT2D eigenvalue weighted by Gasteiger charge is 2.25. The van der Waals surface area contributed by atoms with Crippen LogP contribution in [0.1, 0.15) is 24.4 Å². The average molecular weight is 240 g/mol. The van der Waals surface area contributed by atoms with Crippen LogP contribution in [0.25, 0.3) is 0 Å². The quantitative estimate of drug-likeness (QED) is 0.541. The van der Waals surface area contributed by atoms with E-state index in [9.17, 15) is 9.50 Å². The number of phenolic OH excluding ortho intramolecular Hbond substituents is 1. The maximum Gasteiger partial charge on any atom is 0.143 e. The second-order valence-electron chi connectivity index (χ2n) is 4.41. The molecular weight excluding hydrogens is 223 g/mol. The summed E-state index contributed by atoms with van der Waals surface area (Å²) in [6.07, 6.45) is 1.63. The number of ether oxygens (including phenoxy) is 1. The van der Waals surface area contributed by atoms with E-state index in [0.29, 0.717) is 18.8 Å². The fourth-order valence-corrected chi connectivity index (χ4v) is 2.23. The first kappa shape index (κ1) is 12.1. The van der Waals surface area contributed by atoms with Crippen LogP contribution in [0.5, 0.6) is 5.75 Å². The number of rotatable bonds is 2. The average Bonchev–Trinajstić information content (AvgIpc) is 2.34. The third-order valence-corrected chi connectivity index (χ3v) is 3.27. The molecule has 0 bridgehead atoms. The molecule has 0 spiro atoms. The number of aromatic hydroxyl groups is 1. The van der Waals surface area contributed by atoms with Crippen molar-refractivity contribution in [3.8, 4) is 5.75 Å². The van der Waals surface area contributed by atoms with Crippen LogP contribution in [0.15, 0.2) is 12.1 Å². The normalized spacial score (nSPS) is 19.2. The molecule has 1 aliphatic rings. The van der Waals surface area contributed by atoms with E-state index in [-0.39, 0.29) is 17.4 Å². The lowest BCUT2D eigenvalue weighted by atomic mass is 9.87. The maximum absolute atomic E-state index is 13.3. The van der Waals surface area contributed by atoms with Crippen molar-refractivity contribution in [1.29, 1.82) is 0 Å². The number of hydrogen-bond acceptors (Lipinski definition) is 4. The molecule has 1 aliphatic heterocycles. The summed E-state index contributed by atoms with van der Waals surface area (Å²) < 4.78 is 18.5. The van der Waals surface area contributed by atoms with Gasteiger partial charge in [0.05, 0.1) is 5.69 Å². The van der Waals surface area contributed by atoms with Crippen LogP contribution in [0.3, 0.4) is 0 Å². The highest BCUT2D eigenvalue weighted by molar-refractivity contribution is 5.57. The number of nitrogens with two attached hydrogens (primary N) is 2. The first-order valence-electron chi connectivity index (χ1n) is 5.71. The molecule has 0 saturated carbocycles. The summed E-state index contributed by atoms with van der Waals surface area (Å²) in [6.45, 7) is 1.31. The largest absolute Gasteiger partial charge is 0.505 e. The number of nitrogen functional groups attached to an aromatic ring is 1. The van der Waals surface area contributed by atoms with E-state index >= 15 is 0 Å². The Morgan fingerprint density at radius 1 is 1.35 bits per heavy atom. The number of anilines is 1. The zero-order chi connectivity index (χ0) is 12.4. The summed E-state index contributed by atoms with van der Waals surface area (Å²) in [6, 6.07) is 1.94. The van der Waals surface area contributed by atoms with Crippen LogP contribution < -0.4 is 11.5 Å². The summed E-state index contributed by atoms with van der Waals surface area (Å²) in [5.41, 5.74) is 12.0. The molecule has 1 heterocycles. The molecule has 0 aromatic heterocycles. The molecule has 1 fully saturated rings. The molecule has 0 aliphatic carbocycles. The van der Waals surface area contributed by atoms with Crippen LogP contribution in [0, 0.1) is 11.7 Å². The fourth-order valence-electron chi connectivity index (χ4n) is 2.23. The molecule has 1 aromatic carbocycles. The van der Waals surface area contributed by atoms with Crippen LogP contribution in [0.2, 0.25) is 0 Å². The molecule has 1 atom stereocenters. The smallest absolute Gasteiger partial charge is 0.143 e. The monoisotopic (exact) mass is 240 g/mol. The van der Waals surface area contributed by atoms with Crippen molar-refractivity contribution in [3.05, 3.63) is 23.5 Å². The van der Waals surface area contributed by atoms with Gasteiger partial charge in [0, 0.05) is 30.9 Å². The third kappa shape index (κ3) is 2.50. The van der Waals surface area contributed by atoms with Crippen molar-refractivity contribution >= 4 is 5.69 Å². The van der Waals surface area contributed by atoms with Crippen molar-refractivity contribution in [3.63, 3.8) is 0 Å². The first-order chi connectivity index (χ1) is 8.09. The van der Waals surface area contributed by atoms with Gasteiger partial charge < -0.3 is 21.3 Å². The maximum atomic E-state index is 13.3. The van der Waals surface area contributed by atoms with E-state index < -0.39 is 11.9 Å². The Bertz CT molecular complexity index is 406. The van der Waals surface area contributed by atoms with Crippen molar-refractivity contribution in [2.45, 2.75) is 18.9 Å². The lowest BCUT2D eigenvalue weighted by Crippen LogP contribution is -2.27. The summed E-state index contributed by atoms with van der Waals surface area (Å²) in [4.78, 5) is 0. The van der Waals surface area contributed by atoms with Gasteiger partial charge >= 0.3 is 0 Å². The first-order valence-corrected chi connectivity index (χ1v) is 5.71. The Labute approximate surface area is 99.4 Å². The molecule has 5 heteroatoms. The van der Waals surface area contributed by atoms with Crippen molar-refractivity contribution < 1.29 is 14.2 Å². The van der Waals surface area contributed by atoms with Gasteiger partial charge in [-0.3, -0.25) is 0 Å². The minimum absolute atomic E-state index is 0.0301. The summed E-state index contributed by atoms with van der Waals surface area (Å²) >= 11 is 0. The van der Waals surface area contributed by atoms with Crippen LogP contribution in [0.4, 0.5) is 10.1 Å². The van der Waals surface area contributed by atoms with Gasteiger partial charge in [0.15, 0.2) is 0 Å². The van der Waals surface area contributed by atoms with E-state index in [1.807, 2.05) is 0 Å². The van der Waals surface area contributed by atoms with Gasteiger partial charge in [-0.2, -0.15) is 0 Å². The Balaban J connectivity index is 2.26. The van der Waals surface area contributed by atoms with Crippen molar-refractivity contribution in [1.82, 2.24) is 0 Å². The van der Waals surface area contributed by atoms with Gasteiger partial charge in [0.2, 0.25) is 0 Å². The number of halogens is 1. The van der Waals surface area contributed by atoms with Crippen LogP contribution in [-0.2, 0) is 4.74 Å². The molecule has 17 heavy (non-hydrogen) atoms. The second-order valence-corrected chi connectivity index (χ2v) is 4.41. The third-order valence-electron chi connectivity index (χ3n) is 3.27. The molecule has 0 unspecified atom stereocenters.